The van der Waals surface area contributed by atoms with Crippen molar-refractivity contribution in [2.45, 2.75) is 89.0 Å². The molecule has 4 aliphatic rings. The summed E-state index contributed by atoms with van der Waals surface area (Å²) in [6.07, 6.45) is 11.3. The van der Waals surface area contributed by atoms with Crippen molar-refractivity contribution in [2.24, 2.45) is 13.0 Å². The van der Waals surface area contributed by atoms with Crippen molar-refractivity contribution in [3.05, 3.63) is 44.5 Å². The van der Waals surface area contributed by atoms with Crippen LogP contribution in [0, 0.1) is 5.92 Å². The van der Waals surface area contributed by atoms with Crippen LogP contribution in [-0.4, -0.2) is 132 Å². The maximum atomic E-state index is 12.9. The molecule has 6 amide bonds. The van der Waals surface area contributed by atoms with E-state index in [1.807, 2.05) is 24.0 Å². The first kappa shape index (κ1) is 45.3. The predicted molar refractivity (Wildman–Crippen MR) is 229 cm³/mol. The SMILES string of the molecule is Cn1ncc(-c2nc(NC3CCC(NCC(=O)NCCOCCOCCOCCNC(=O)NCc4cc5c(s4)C(=O)N(C4CCC(=O)NC4=O)C5)CC3)ncc2Cl)c1CC1CC1. The van der Waals surface area contributed by atoms with Crippen molar-refractivity contribution in [1.82, 2.24) is 51.2 Å². The third-order valence-electron chi connectivity index (χ3n) is 11.4. The second-order valence-corrected chi connectivity index (χ2v) is 17.5. The van der Waals surface area contributed by atoms with Crippen LogP contribution < -0.4 is 31.9 Å². The van der Waals surface area contributed by atoms with Gasteiger partial charge in [0, 0.05) is 61.3 Å². The number of hydrogen-bond acceptors (Lipinski definition) is 14. The molecule has 3 aromatic heterocycles. The lowest BCUT2D eigenvalue weighted by Crippen LogP contribution is -2.52. The third kappa shape index (κ3) is 12.7. The summed E-state index contributed by atoms with van der Waals surface area (Å²) in [6.45, 7) is 3.74. The van der Waals surface area contributed by atoms with E-state index < -0.39 is 11.9 Å². The molecule has 0 bridgehead atoms. The van der Waals surface area contributed by atoms with Crippen LogP contribution in [0.4, 0.5) is 10.7 Å². The molecule has 0 radical (unpaired) electrons. The highest BCUT2D eigenvalue weighted by molar-refractivity contribution is 7.14. The van der Waals surface area contributed by atoms with Gasteiger partial charge in [-0.3, -0.25) is 29.2 Å². The number of thiophene rings is 1. The molecule has 3 fully saturated rings. The van der Waals surface area contributed by atoms with Crippen molar-refractivity contribution >= 4 is 58.5 Å². The number of aryl methyl sites for hydroxylation is 1. The van der Waals surface area contributed by atoms with Gasteiger partial charge in [-0.15, -0.1) is 11.3 Å². The first-order valence-electron chi connectivity index (χ1n) is 21.4. The number of anilines is 1. The summed E-state index contributed by atoms with van der Waals surface area (Å²) in [6, 6.07) is 1.36. The van der Waals surface area contributed by atoms with Crippen LogP contribution in [0.1, 0.15) is 77.2 Å². The average molecular weight is 898 g/mol. The molecule has 0 aromatic carbocycles. The Morgan fingerprint density at radius 2 is 1.61 bits per heavy atom. The van der Waals surface area contributed by atoms with Gasteiger partial charge in [0.1, 0.15) is 6.04 Å². The number of rotatable bonds is 23. The van der Waals surface area contributed by atoms with E-state index in [0.717, 1.165) is 53.8 Å². The number of nitrogens with zero attached hydrogens (tertiary/aromatic N) is 5. The van der Waals surface area contributed by atoms with E-state index in [9.17, 15) is 24.0 Å². The number of urea groups is 1. The number of aromatic nitrogens is 4. The van der Waals surface area contributed by atoms with Crippen LogP contribution in [0.2, 0.25) is 5.02 Å². The Morgan fingerprint density at radius 3 is 2.32 bits per heavy atom. The summed E-state index contributed by atoms with van der Waals surface area (Å²) >= 11 is 7.84. The molecule has 3 aromatic rings. The maximum Gasteiger partial charge on any atom is 0.315 e. The van der Waals surface area contributed by atoms with Crippen LogP contribution in [0.25, 0.3) is 11.3 Å². The number of piperidine rings is 1. The summed E-state index contributed by atoms with van der Waals surface area (Å²) in [5, 5.41) is 22.6. The van der Waals surface area contributed by atoms with Crippen molar-refractivity contribution in [1.29, 1.82) is 0 Å². The molecule has 1 saturated heterocycles. The van der Waals surface area contributed by atoms with E-state index in [0.29, 0.717) is 93.2 Å². The standard InChI is InChI=1S/C41H56ClN11O8S/c1-52-33(18-25-2-3-25)30(21-48-52)36-31(42)22-46-40(51-36)49-28-6-4-27(5-7-28)45-23-35(55)43-10-12-59-14-16-61-17-15-60-13-11-44-41(58)47-20-29-19-26-24-53(39(57)37(26)62-29)32-8-9-34(54)50-38(32)56/h19,21-22,25,27-28,32,45H,2-18,20,23-24H2,1H3,(H,43,55)(H2,44,47,58)(H,46,49,51)(H,50,54,56). The number of nitrogens with one attached hydrogen (secondary N) is 6. The highest BCUT2D eigenvalue weighted by Gasteiger charge is 2.40. The third-order valence-corrected chi connectivity index (χ3v) is 12.8. The van der Waals surface area contributed by atoms with Crippen LogP contribution >= 0.6 is 22.9 Å². The van der Waals surface area contributed by atoms with Crippen LogP contribution in [0.5, 0.6) is 0 Å². The van der Waals surface area contributed by atoms with E-state index >= 15 is 0 Å². The molecule has 1 unspecified atom stereocenters. The van der Waals surface area contributed by atoms with Crippen molar-refractivity contribution < 1.29 is 38.2 Å². The largest absolute Gasteiger partial charge is 0.377 e. The zero-order valence-corrected chi connectivity index (χ0v) is 36.5. The highest BCUT2D eigenvalue weighted by atomic mass is 35.5. The van der Waals surface area contributed by atoms with Gasteiger partial charge in [-0.2, -0.15) is 5.10 Å². The number of amides is 6. The minimum absolute atomic E-state index is 0.0717. The van der Waals surface area contributed by atoms with Crippen molar-refractivity contribution in [3.8, 4) is 11.3 Å². The average Bonchev–Trinajstić information content (AvgIpc) is 3.77. The first-order chi connectivity index (χ1) is 30.1. The molecule has 6 N–H and O–H groups in total. The van der Waals surface area contributed by atoms with Gasteiger partial charge >= 0.3 is 6.03 Å². The van der Waals surface area contributed by atoms with Crippen LogP contribution in [-0.2, 0) is 55.2 Å². The molecule has 21 heteroatoms. The summed E-state index contributed by atoms with van der Waals surface area (Å²) < 4.78 is 18.5. The van der Waals surface area contributed by atoms with Crippen LogP contribution in [0.15, 0.2) is 18.5 Å². The predicted octanol–water partition coefficient (Wildman–Crippen LogP) is 2.28. The monoisotopic (exact) mass is 897 g/mol. The number of halogens is 1. The molecule has 7 rings (SSSR count). The van der Waals surface area contributed by atoms with Gasteiger partial charge in [-0.25, -0.2) is 14.8 Å². The molecule has 1 atom stereocenters. The van der Waals surface area contributed by atoms with Crippen molar-refractivity contribution in [2.75, 3.05) is 64.6 Å². The lowest BCUT2D eigenvalue weighted by molar-refractivity contribution is -0.137. The minimum atomic E-state index is -0.646. The zero-order valence-electron chi connectivity index (χ0n) is 35.0. The van der Waals surface area contributed by atoms with Gasteiger partial charge in [0.2, 0.25) is 23.7 Å². The zero-order chi connectivity index (χ0) is 43.4. The maximum absolute atomic E-state index is 12.9. The number of ether oxygens (including phenoxy) is 3. The molecule has 2 aliphatic heterocycles. The summed E-state index contributed by atoms with van der Waals surface area (Å²) in [7, 11) is 1.96. The van der Waals surface area contributed by atoms with Crippen molar-refractivity contribution in [3.63, 3.8) is 0 Å². The van der Waals surface area contributed by atoms with E-state index in [1.54, 1.807) is 6.20 Å². The van der Waals surface area contributed by atoms with Gasteiger partial charge in [-0.05, 0) is 68.9 Å². The van der Waals surface area contributed by atoms with E-state index in [2.05, 4.69) is 42.0 Å². The molecule has 2 saturated carbocycles. The number of fused-ring (bicyclic) bond motifs is 1. The molecular formula is C41H56ClN11O8S. The van der Waals surface area contributed by atoms with Gasteiger partial charge in [0.15, 0.2) is 0 Å². The second-order valence-electron chi connectivity index (χ2n) is 16.0. The van der Waals surface area contributed by atoms with Crippen LogP contribution in [0.3, 0.4) is 0 Å². The molecule has 0 spiro atoms. The Bertz CT molecular complexity index is 2050. The number of imide groups is 1. The normalized spacial score (nSPS) is 19.9. The lowest BCUT2D eigenvalue weighted by atomic mass is 9.91. The quantitative estimate of drug-likeness (QED) is 0.0594. The summed E-state index contributed by atoms with van der Waals surface area (Å²) in [5.41, 5.74) is 3.65. The smallest absolute Gasteiger partial charge is 0.315 e. The molecule has 19 nitrogen and oxygen atoms in total. The van der Waals surface area contributed by atoms with E-state index in [-0.39, 0.29) is 55.3 Å². The topological polar surface area (TPSA) is 232 Å². The number of carbonyl (C=O) groups is 5. The van der Waals surface area contributed by atoms with Gasteiger partial charge in [0.05, 0.1) is 80.7 Å². The fraction of sp³-hybridized carbons (Fsp3) is 0.610. The Morgan fingerprint density at radius 1 is 0.903 bits per heavy atom. The molecule has 5 heterocycles. The van der Waals surface area contributed by atoms with E-state index in [1.165, 1.54) is 29.1 Å². The number of hydrogen-bond donors (Lipinski definition) is 6. The Balaban J connectivity index is 0.648. The van der Waals surface area contributed by atoms with Gasteiger partial charge < -0.3 is 45.7 Å². The first-order valence-corrected chi connectivity index (χ1v) is 22.6. The molecule has 2 aliphatic carbocycles. The Labute approximate surface area is 369 Å². The fourth-order valence-electron chi connectivity index (χ4n) is 7.81. The summed E-state index contributed by atoms with van der Waals surface area (Å²) in [5.74, 6) is 0.221. The molecule has 62 heavy (non-hydrogen) atoms. The van der Waals surface area contributed by atoms with Gasteiger partial charge in [-0.1, -0.05) is 11.6 Å². The summed E-state index contributed by atoms with van der Waals surface area (Å²) in [4.78, 5) is 73.3. The fourth-order valence-corrected chi connectivity index (χ4v) is 9.07. The molecular weight excluding hydrogens is 842 g/mol. The Hall–Kier alpha value is -4.73. The lowest BCUT2D eigenvalue weighted by Gasteiger charge is -2.29. The second kappa shape index (κ2) is 22.1. The highest BCUT2D eigenvalue weighted by Crippen LogP contribution is 2.37. The molecule has 336 valence electrons. The van der Waals surface area contributed by atoms with E-state index in [4.69, 9.17) is 30.8 Å². The minimum Gasteiger partial charge on any atom is -0.377 e. The van der Waals surface area contributed by atoms with Gasteiger partial charge in [0.25, 0.3) is 5.91 Å². The number of carbonyl (C=O) groups excluding carboxylic acids is 5. The Kier molecular flexibility index (Phi) is 16.1.